The van der Waals surface area contributed by atoms with Crippen LogP contribution in [0.2, 0.25) is 5.28 Å². The molecule has 0 bridgehead atoms. The van der Waals surface area contributed by atoms with Gasteiger partial charge in [0, 0.05) is 5.56 Å². The first-order valence-corrected chi connectivity index (χ1v) is 9.33. The SMILES string of the molecule is CCCOc1nc(Cl)nc(-c2ccc3ccc4cccc5ccc2c3c45)n1. The summed E-state index contributed by atoms with van der Waals surface area (Å²) in [5, 5.41) is 7.36. The maximum Gasteiger partial charge on any atom is 0.321 e. The Bertz CT molecular complexity index is 1270. The first-order valence-electron chi connectivity index (χ1n) is 8.96. The molecule has 0 saturated heterocycles. The Morgan fingerprint density at radius 1 is 0.815 bits per heavy atom. The Kier molecular flexibility index (Phi) is 3.80. The van der Waals surface area contributed by atoms with Gasteiger partial charge in [0.2, 0.25) is 5.28 Å². The van der Waals surface area contributed by atoms with Gasteiger partial charge in [-0.05, 0) is 56.4 Å². The Hall–Kier alpha value is -2.98. The number of halogens is 1. The highest BCUT2D eigenvalue weighted by molar-refractivity contribution is 6.28. The number of aromatic nitrogens is 3. The average molecular weight is 374 g/mol. The van der Waals surface area contributed by atoms with Crippen LogP contribution in [0.15, 0.2) is 54.6 Å². The van der Waals surface area contributed by atoms with Crippen LogP contribution < -0.4 is 4.74 Å². The molecule has 0 atom stereocenters. The highest BCUT2D eigenvalue weighted by atomic mass is 35.5. The van der Waals surface area contributed by atoms with E-state index >= 15 is 0 Å². The van der Waals surface area contributed by atoms with Crippen LogP contribution in [0.25, 0.3) is 43.7 Å². The second-order valence-corrected chi connectivity index (χ2v) is 6.87. The number of rotatable bonds is 4. The van der Waals surface area contributed by atoms with Gasteiger partial charge in [-0.1, -0.05) is 55.5 Å². The largest absolute Gasteiger partial charge is 0.463 e. The second kappa shape index (κ2) is 6.32. The fraction of sp³-hybridized carbons (Fsp3) is 0.136. The number of hydrogen-bond donors (Lipinski definition) is 0. The van der Waals surface area contributed by atoms with Crippen LogP contribution in [0.1, 0.15) is 13.3 Å². The molecule has 0 radical (unpaired) electrons. The van der Waals surface area contributed by atoms with Crippen molar-refractivity contribution in [2.45, 2.75) is 13.3 Å². The number of hydrogen-bond acceptors (Lipinski definition) is 4. The monoisotopic (exact) mass is 373 g/mol. The van der Waals surface area contributed by atoms with E-state index in [4.69, 9.17) is 16.3 Å². The number of benzene rings is 4. The fourth-order valence-electron chi connectivity index (χ4n) is 3.64. The Labute approximate surface area is 161 Å². The van der Waals surface area contributed by atoms with E-state index in [1.807, 2.05) is 13.0 Å². The van der Waals surface area contributed by atoms with Crippen molar-refractivity contribution in [1.82, 2.24) is 15.0 Å². The van der Waals surface area contributed by atoms with Gasteiger partial charge < -0.3 is 4.74 Å². The molecule has 1 heterocycles. The van der Waals surface area contributed by atoms with Gasteiger partial charge in [-0.2, -0.15) is 15.0 Å². The van der Waals surface area contributed by atoms with Crippen LogP contribution in [0.3, 0.4) is 0 Å². The van der Waals surface area contributed by atoms with Gasteiger partial charge in [-0.25, -0.2) is 0 Å². The van der Waals surface area contributed by atoms with Crippen molar-refractivity contribution in [3.63, 3.8) is 0 Å². The minimum Gasteiger partial charge on any atom is -0.463 e. The maximum atomic E-state index is 6.14. The molecule has 0 amide bonds. The minimum atomic E-state index is 0.136. The Morgan fingerprint density at radius 2 is 1.52 bits per heavy atom. The lowest BCUT2D eigenvalue weighted by Crippen LogP contribution is -2.03. The predicted molar refractivity (Wildman–Crippen MR) is 110 cm³/mol. The van der Waals surface area contributed by atoms with Crippen molar-refractivity contribution >= 4 is 43.9 Å². The van der Waals surface area contributed by atoms with Gasteiger partial charge in [0.15, 0.2) is 5.82 Å². The van der Waals surface area contributed by atoms with Gasteiger partial charge in [0.05, 0.1) is 6.61 Å². The summed E-state index contributed by atoms with van der Waals surface area (Å²) in [4.78, 5) is 12.9. The van der Waals surface area contributed by atoms with Crippen LogP contribution in [0.4, 0.5) is 0 Å². The molecule has 5 rings (SSSR count). The van der Waals surface area contributed by atoms with Gasteiger partial charge in [0.25, 0.3) is 0 Å². The minimum absolute atomic E-state index is 0.136. The van der Waals surface area contributed by atoms with Crippen LogP contribution in [0, 0.1) is 0 Å². The molecule has 5 aromatic rings. The molecule has 5 heteroatoms. The molecule has 0 aliphatic rings. The van der Waals surface area contributed by atoms with Gasteiger partial charge >= 0.3 is 6.01 Å². The van der Waals surface area contributed by atoms with Crippen molar-refractivity contribution in [2.24, 2.45) is 0 Å². The van der Waals surface area contributed by atoms with Crippen LogP contribution >= 0.6 is 11.6 Å². The van der Waals surface area contributed by atoms with Crippen LogP contribution in [0.5, 0.6) is 6.01 Å². The summed E-state index contributed by atoms with van der Waals surface area (Å²) < 4.78 is 5.58. The van der Waals surface area contributed by atoms with E-state index in [-0.39, 0.29) is 11.3 Å². The van der Waals surface area contributed by atoms with E-state index in [0.29, 0.717) is 12.4 Å². The van der Waals surface area contributed by atoms with Crippen LogP contribution in [-0.2, 0) is 0 Å². The molecular weight excluding hydrogens is 358 g/mol. The molecule has 4 nitrogen and oxygen atoms in total. The van der Waals surface area contributed by atoms with Crippen molar-refractivity contribution in [1.29, 1.82) is 0 Å². The topological polar surface area (TPSA) is 47.9 Å². The lowest BCUT2D eigenvalue weighted by molar-refractivity contribution is 0.291. The third-order valence-electron chi connectivity index (χ3n) is 4.79. The molecule has 27 heavy (non-hydrogen) atoms. The normalized spacial score (nSPS) is 11.6. The van der Waals surface area contributed by atoms with E-state index in [9.17, 15) is 0 Å². The Balaban J connectivity index is 1.80. The molecule has 1 aromatic heterocycles. The Morgan fingerprint density at radius 3 is 2.30 bits per heavy atom. The predicted octanol–water partition coefficient (Wildman–Crippen LogP) is 5.88. The first kappa shape index (κ1) is 16.2. The summed E-state index contributed by atoms with van der Waals surface area (Å²) in [6.07, 6.45) is 0.872. The van der Waals surface area contributed by atoms with E-state index in [1.165, 1.54) is 26.9 Å². The average Bonchev–Trinajstić information content (AvgIpc) is 2.70. The molecule has 0 fully saturated rings. The zero-order chi connectivity index (χ0) is 18.4. The quantitative estimate of drug-likeness (QED) is 0.369. The molecule has 0 aliphatic heterocycles. The maximum absolute atomic E-state index is 6.14. The highest BCUT2D eigenvalue weighted by Crippen LogP contribution is 2.38. The second-order valence-electron chi connectivity index (χ2n) is 6.53. The highest BCUT2D eigenvalue weighted by Gasteiger charge is 2.15. The standard InChI is InChI=1S/C22H16ClN3O/c1-2-12-27-22-25-20(24-21(23)26-22)17-11-9-15-7-6-13-4-3-5-14-8-10-16(17)19(15)18(13)14/h3-11H,2,12H2,1H3. The lowest BCUT2D eigenvalue weighted by atomic mass is 9.92. The zero-order valence-corrected chi connectivity index (χ0v) is 15.5. The first-order chi connectivity index (χ1) is 13.2. The number of nitrogens with zero attached hydrogens (tertiary/aromatic N) is 3. The summed E-state index contributed by atoms with van der Waals surface area (Å²) in [6, 6.07) is 19.4. The molecule has 0 N–H and O–H groups in total. The summed E-state index contributed by atoms with van der Waals surface area (Å²) in [7, 11) is 0. The van der Waals surface area contributed by atoms with E-state index in [1.54, 1.807) is 0 Å². The molecule has 0 spiro atoms. The third kappa shape index (κ3) is 2.64. The molecule has 0 unspecified atom stereocenters. The van der Waals surface area contributed by atoms with Crippen molar-refractivity contribution in [2.75, 3.05) is 6.61 Å². The van der Waals surface area contributed by atoms with E-state index < -0.39 is 0 Å². The summed E-state index contributed by atoms with van der Waals surface area (Å²) in [5.74, 6) is 0.527. The van der Waals surface area contributed by atoms with Crippen molar-refractivity contribution in [3.8, 4) is 17.4 Å². The van der Waals surface area contributed by atoms with Gasteiger partial charge in [0.1, 0.15) is 0 Å². The third-order valence-corrected chi connectivity index (χ3v) is 4.96. The smallest absolute Gasteiger partial charge is 0.321 e. The summed E-state index contributed by atoms with van der Waals surface area (Å²) >= 11 is 6.14. The van der Waals surface area contributed by atoms with E-state index in [2.05, 4.69) is 63.5 Å². The molecule has 4 aromatic carbocycles. The van der Waals surface area contributed by atoms with E-state index in [0.717, 1.165) is 17.4 Å². The number of ether oxygens (including phenoxy) is 1. The molecular formula is C22H16ClN3O. The zero-order valence-electron chi connectivity index (χ0n) is 14.7. The fourth-order valence-corrected chi connectivity index (χ4v) is 3.79. The molecule has 0 saturated carbocycles. The summed E-state index contributed by atoms with van der Waals surface area (Å²) in [5.41, 5.74) is 0.923. The molecule has 132 valence electrons. The van der Waals surface area contributed by atoms with Gasteiger partial charge in [-0.3, -0.25) is 0 Å². The lowest BCUT2D eigenvalue weighted by Gasteiger charge is -2.13. The van der Waals surface area contributed by atoms with Crippen molar-refractivity contribution in [3.05, 3.63) is 59.9 Å². The van der Waals surface area contributed by atoms with Crippen molar-refractivity contribution < 1.29 is 4.74 Å². The van der Waals surface area contributed by atoms with Gasteiger partial charge in [-0.15, -0.1) is 0 Å². The molecule has 0 aliphatic carbocycles. The van der Waals surface area contributed by atoms with Crippen LogP contribution in [-0.4, -0.2) is 21.6 Å². The summed E-state index contributed by atoms with van der Waals surface area (Å²) in [6.45, 7) is 2.57.